The predicted molar refractivity (Wildman–Crippen MR) is 231 cm³/mol. The highest BCUT2D eigenvalue weighted by molar-refractivity contribution is 6.26. The zero-order valence-corrected chi connectivity index (χ0v) is 30.2. The molecule has 0 saturated carbocycles. The van der Waals surface area contributed by atoms with Crippen molar-refractivity contribution >= 4 is 54.4 Å². The molecule has 0 bridgehead atoms. The summed E-state index contributed by atoms with van der Waals surface area (Å²) in [5.41, 5.74) is 15.7. The summed E-state index contributed by atoms with van der Waals surface area (Å²) in [6, 6.07) is 68.7. The van der Waals surface area contributed by atoms with Crippen LogP contribution in [0.15, 0.2) is 188 Å². The Morgan fingerprint density at radius 1 is 0.375 bits per heavy atom. The molecule has 3 nitrogen and oxygen atoms in total. The third kappa shape index (κ3) is 3.72. The molecule has 56 heavy (non-hydrogen) atoms. The van der Waals surface area contributed by atoms with Gasteiger partial charge in [0.2, 0.25) is 0 Å². The average molecular weight is 710 g/mol. The van der Waals surface area contributed by atoms with E-state index in [9.17, 15) is 0 Å². The van der Waals surface area contributed by atoms with Gasteiger partial charge >= 0.3 is 0 Å². The van der Waals surface area contributed by atoms with E-state index in [-0.39, 0.29) is 0 Å². The summed E-state index contributed by atoms with van der Waals surface area (Å²) in [5, 5.41) is 7.58. The van der Waals surface area contributed by atoms with E-state index in [1.807, 2.05) is 6.07 Å². The summed E-state index contributed by atoms with van der Waals surface area (Å²) in [5.74, 6) is 0.830. The van der Waals surface area contributed by atoms with E-state index in [2.05, 4.69) is 187 Å². The van der Waals surface area contributed by atoms with E-state index >= 15 is 0 Å². The maximum atomic E-state index is 5.53. The summed E-state index contributed by atoms with van der Waals surface area (Å²) in [4.78, 5) is 11.0. The van der Waals surface area contributed by atoms with Gasteiger partial charge in [-0.1, -0.05) is 158 Å². The number of nitrogens with zero attached hydrogens (tertiary/aromatic N) is 3. The van der Waals surface area contributed by atoms with E-state index in [1.54, 1.807) is 0 Å². The molecule has 0 fully saturated rings. The van der Waals surface area contributed by atoms with Gasteiger partial charge in [0.05, 0.1) is 27.5 Å². The summed E-state index contributed by atoms with van der Waals surface area (Å²) >= 11 is 0. The number of fused-ring (bicyclic) bond motifs is 9. The Morgan fingerprint density at radius 2 is 0.946 bits per heavy atom. The molecule has 0 amide bonds. The maximum absolute atomic E-state index is 5.53. The molecule has 0 radical (unpaired) electrons. The van der Waals surface area contributed by atoms with E-state index in [0.29, 0.717) is 0 Å². The Hall–Kier alpha value is -7.36. The van der Waals surface area contributed by atoms with Crippen LogP contribution < -0.4 is 0 Å². The van der Waals surface area contributed by atoms with Crippen LogP contribution in [0.25, 0.3) is 93.7 Å². The van der Waals surface area contributed by atoms with Crippen molar-refractivity contribution in [1.29, 1.82) is 0 Å². The number of rotatable bonds is 3. The molecule has 3 heteroatoms. The smallest absolute Gasteiger partial charge is 0.165 e. The minimum Gasteiger partial charge on any atom is -0.292 e. The fourth-order valence-corrected chi connectivity index (χ4v) is 10.4. The van der Waals surface area contributed by atoms with Gasteiger partial charge in [-0.25, -0.2) is 9.97 Å². The Kier molecular flexibility index (Phi) is 5.83. The molecule has 9 aromatic carbocycles. The van der Waals surface area contributed by atoms with Crippen molar-refractivity contribution in [2.24, 2.45) is 0 Å². The van der Waals surface area contributed by atoms with Crippen molar-refractivity contribution in [2.75, 3.05) is 0 Å². The van der Waals surface area contributed by atoms with E-state index in [4.69, 9.17) is 9.97 Å². The maximum Gasteiger partial charge on any atom is 0.165 e. The van der Waals surface area contributed by atoms with Crippen molar-refractivity contribution in [3.8, 4) is 39.3 Å². The van der Waals surface area contributed by atoms with Crippen LogP contribution in [0.2, 0.25) is 0 Å². The van der Waals surface area contributed by atoms with Crippen LogP contribution in [0, 0.1) is 0 Å². The Morgan fingerprint density at radius 3 is 1.79 bits per heavy atom. The topological polar surface area (TPSA) is 30.7 Å². The van der Waals surface area contributed by atoms with Gasteiger partial charge < -0.3 is 0 Å². The molecular weight excluding hydrogens is 679 g/mol. The zero-order valence-electron chi connectivity index (χ0n) is 30.2. The minimum absolute atomic E-state index is 0.468. The van der Waals surface area contributed by atoms with Crippen molar-refractivity contribution in [2.45, 2.75) is 5.41 Å². The quantitative estimate of drug-likeness (QED) is 0.183. The number of aromatic nitrogens is 3. The third-order valence-electron chi connectivity index (χ3n) is 12.6. The fourth-order valence-electron chi connectivity index (χ4n) is 10.4. The molecule has 0 N–H and O–H groups in total. The van der Waals surface area contributed by atoms with Crippen molar-refractivity contribution in [1.82, 2.24) is 14.5 Å². The van der Waals surface area contributed by atoms with Gasteiger partial charge in [0.25, 0.3) is 0 Å². The second kappa shape index (κ2) is 10.9. The predicted octanol–water partition coefficient (Wildman–Crippen LogP) is 13.0. The summed E-state index contributed by atoms with van der Waals surface area (Å²) in [6.45, 7) is 0. The van der Waals surface area contributed by atoms with Crippen molar-refractivity contribution < 1.29 is 0 Å². The van der Waals surface area contributed by atoms with Gasteiger partial charge in [-0.15, -0.1) is 0 Å². The first kappa shape index (κ1) is 30.0. The minimum atomic E-state index is -0.468. The van der Waals surface area contributed by atoms with Gasteiger partial charge in [0.15, 0.2) is 5.82 Å². The lowest BCUT2D eigenvalue weighted by atomic mass is 9.63. The molecular formula is C53H31N3. The standard InChI is InChI=1S/C53H31N3/c1-2-18-36-32(13-1)14-10-21-37(36)34-16-9-17-35(31-34)51-52(55-45-27-8-7-26-44(45)54-51)56-46-28-12-25-43-49(46)50-47(56)30-29-33-15-11-24-42(48(33)50)53(43)40-22-5-3-19-38(40)39-20-4-6-23-41(39)53/h1-31H. The molecule has 258 valence electrons. The van der Waals surface area contributed by atoms with Gasteiger partial charge in [-0.05, 0) is 96.4 Å². The third-order valence-corrected chi connectivity index (χ3v) is 12.6. The van der Waals surface area contributed by atoms with E-state index in [1.165, 1.54) is 71.3 Å². The van der Waals surface area contributed by atoms with Gasteiger partial charge in [0, 0.05) is 16.3 Å². The average Bonchev–Trinajstić information content (AvgIpc) is 3.76. The highest BCUT2D eigenvalue weighted by Crippen LogP contribution is 2.62. The van der Waals surface area contributed by atoms with Crippen LogP contribution >= 0.6 is 0 Å². The molecule has 0 unspecified atom stereocenters. The summed E-state index contributed by atoms with van der Waals surface area (Å²) in [7, 11) is 0. The van der Waals surface area contributed by atoms with Crippen LogP contribution in [0.4, 0.5) is 0 Å². The number of hydrogen-bond donors (Lipinski definition) is 0. The number of hydrogen-bond acceptors (Lipinski definition) is 2. The van der Waals surface area contributed by atoms with Crippen LogP contribution in [-0.2, 0) is 5.41 Å². The van der Waals surface area contributed by atoms with Gasteiger partial charge in [0.1, 0.15) is 5.69 Å². The highest BCUT2D eigenvalue weighted by atomic mass is 15.1. The van der Waals surface area contributed by atoms with Gasteiger partial charge in [-0.3, -0.25) is 4.57 Å². The first-order chi connectivity index (χ1) is 27.8. The van der Waals surface area contributed by atoms with Crippen LogP contribution in [0.3, 0.4) is 0 Å². The lowest BCUT2D eigenvalue weighted by Crippen LogP contribution is -2.30. The molecule has 0 aliphatic heterocycles. The van der Waals surface area contributed by atoms with Gasteiger partial charge in [-0.2, -0.15) is 0 Å². The Bertz CT molecular complexity index is 3450. The molecule has 2 aliphatic rings. The highest BCUT2D eigenvalue weighted by Gasteiger charge is 2.50. The summed E-state index contributed by atoms with van der Waals surface area (Å²) in [6.07, 6.45) is 0. The second-order valence-corrected chi connectivity index (χ2v) is 15.2. The normalized spacial score (nSPS) is 13.5. The molecule has 2 aromatic heterocycles. The Balaban J connectivity index is 1.16. The van der Waals surface area contributed by atoms with Crippen LogP contribution in [0.1, 0.15) is 22.3 Å². The Labute approximate surface area is 322 Å². The molecule has 2 aliphatic carbocycles. The van der Waals surface area contributed by atoms with E-state index in [0.717, 1.165) is 44.7 Å². The number of benzene rings is 9. The molecule has 13 rings (SSSR count). The first-order valence-corrected chi connectivity index (χ1v) is 19.3. The first-order valence-electron chi connectivity index (χ1n) is 19.3. The second-order valence-electron chi connectivity index (χ2n) is 15.2. The van der Waals surface area contributed by atoms with Crippen LogP contribution in [-0.4, -0.2) is 14.5 Å². The zero-order chi connectivity index (χ0) is 36.5. The largest absolute Gasteiger partial charge is 0.292 e. The molecule has 0 atom stereocenters. The molecule has 0 saturated heterocycles. The lowest BCUT2D eigenvalue weighted by molar-refractivity contribution is 0.783. The summed E-state index contributed by atoms with van der Waals surface area (Å²) < 4.78 is 2.40. The van der Waals surface area contributed by atoms with Crippen molar-refractivity contribution in [3.05, 3.63) is 210 Å². The SMILES string of the molecule is c1cc(-c2nc3ccccc3nc2-n2c3cccc4c3c3c5c(cccc5ccc32)C42c3ccccc3-c3ccccc32)cc(-c2cccc3ccccc23)c1. The van der Waals surface area contributed by atoms with Crippen molar-refractivity contribution in [3.63, 3.8) is 0 Å². The molecule has 1 spiro atoms. The lowest BCUT2D eigenvalue weighted by Gasteiger charge is -2.37. The number of para-hydroxylation sites is 2. The van der Waals surface area contributed by atoms with E-state index < -0.39 is 5.41 Å². The molecule has 2 heterocycles. The monoisotopic (exact) mass is 709 g/mol. The van der Waals surface area contributed by atoms with Crippen LogP contribution in [0.5, 0.6) is 0 Å². The molecule has 11 aromatic rings. The fraction of sp³-hybridized carbons (Fsp3) is 0.0189.